The SMILES string of the molecule is CC(=O)NC[C@@H](c1ccco1)n1cccn1. The van der Waals surface area contributed by atoms with Gasteiger partial charge >= 0.3 is 0 Å². The van der Waals surface area contributed by atoms with Crippen molar-refractivity contribution >= 4 is 5.91 Å². The second-order valence-electron chi connectivity index (χ2n) is 3.45. The first-order valence-electron chi connectivity index (χ1n) is 5.04. The molecule has 2 aromatic heterocycles. The second kappa shape index (κ2) is 4.65. The predicted octanol–water partition coefficient (Wildman–Crippen LogP) is 1.20. The summed E-state index contributed by atoms with van der Waals surface area (Å²) in [6.45, 7) is 1.95. The fourth-order valence-electron chi connectivity index (χ4n) is 1.51. The summed E-state index contributed by atoms with van der Waals surface area (Å²) >= 11 is 0. The van der Waals surface area contributed by atoms with Crippen molar-refractivity contribution in [2.24, 2.45) is 0 Å². The number of carbonyl (C=O) groups is 1. The summed E-state index contributed by atoms with van der Waals surface area (Å²) < 4.78 is 7.10. The van der Waals surface area contributed by atoms with Crippen LogP contribution in [0.1, 0.15) is 18.7 Å². The minimum atomic E-state index is -0.103. The lowest BCUT2D eigenvalue weighted by Crippen LogP contribution is -2.29. The van der Waals surface area contributed by atoms with Crippen molar-refractivity contribution in [1.82, 2.24) is 15.1 Å². The smallest absolute Gasteiger partial charge is 0.216 e. The Kier molecular flexibility index (Phi) is 3.05. The van der Waals surface area contributed by atoms with E-state index in [4.69, 9.17) is 4.42 Å². The molecule has 2 heterocycles. The van der Waals surface area contributed by atoms with Gasteiger partial charge in [-0.15, -0.1) is 0 Å². The lowest BCUT2D eigenvalue weighted by atomic mass is 10.2. The highest BCUT2D eigenvalue weighted by Crippen LogP contribution is 2.16. The Morgan fingerprint density at radius 1 is 1.62 bits per heavy atom. The van der Waals surface area contributed by atoms with Crippen molar-refractivity contribution in [3.05, 3.63) is 42.6 Å². The third-order valence-corrected chi connectivity index (χ3v) is 2.26. The van der Waals surface area contributed by atoms with E-state index in [1.54, 1.807) is 17.1 Å². The minimum absolute atomic E-state index is 0.0660. The molecule has 0 unspecified atom stereocenters. The van der Waals surface area contributed by atoms with Crippen molar-refractivity contribution in [2.75, 3.05) is 6.54 Å². The largest absolute Gasteiger partial charge is 0.467 e. The Labute approximate surface area is 93.1 Å². The molecule has 0 saturated carbocycles. The van der Waals surface area contributed by atoms with Crippen LogP contribution in [0.3, 0.4) is 0 Å². The third-order valence-electron chi connectivity index (χ3n) is 2.26. The van der Waals surface area contributed by atoms with Crippen LogP contribution in [-0.2, 0) is 4.79 Å². The Bertz CT molecular complexity index is 400. The monoisotopic (exact) mass is 219 g/mol. The highest BCUT2D eigenvalue weighted by Gasteiger charge is 2.16. The molecule has 1 N–H and O–H groups in total. The van der Waals surface area contributed by atoms with E-state index in [2.05, 4.69) is 10.4 Å². The molecule has 0 aliphatic heterocycles. The maximum Gasteiger partial charge on any atom is 0.216 e. The van der Waals surface area contributed by atoms with Gasteiger partial charge < -0.3 is 9.73 Å². The van der Waals surface area contributed by atoms with Crippen molar-refractivity contribution in [1.29, 1.82) is 0 Å². The van der Waals surface area contributed by atoms with Crippen LogP contribution in [0.5, 0.6) is 0 Å². The summed E-state index contributed by atoms with van der Waals surface area (Å²) in [6.07, 6.45) is 5.15. The zero-order valence-electron chi connectivity index (χ0n) is 8.96. The normalized spacial score (nSPS) is 12.3. The number of carbonyl (C=O) groups excluding carboxylic acids is 1. The first kappa shape index (κ1) is 10.5. The molecule has 0 saturated heterocycles. The van der Waals surface area contributed by atoms with Crippen molar-refractivity contribution in [3.8, 4) is 0 Å². The zero-order valence-corrected chi connectivity index (χ0v) is 8.96. The molecule has 0 aliphatic carbocycles. The van der Waals surface area contributed by atoms with E-state index in [0.29, 0.717) is 6.54 Å². The quantitative estimate of drug-likeness (QED) is 0.840. The van der Waals surface area contributed by atoms with Gasteiger partial charge in [0, 0.05) is 25.9 Å². The predicted molar refractivity (Wildman–Crippen MR) is 57.8 cm³/mol. The Morgan fingerprint density at radius 2 is 2.50 bits per heavy atom. The van der Waals surface area contributed by atoms with Crippen LogP contribution < -0.4 is 5.32 Å². The molecule has 0 fully saturated rings. The molecular formula is C11H13N3O2. The third kappa shape index (κ3) is 2.31. The summed E-state index contributed by atoms with van der Waals surface area (Å²) in [6, 6.07) is 5.42. The molecule has 0 aromatic carbocycles. The number of aromatic nitrogens is 2. The number of hydrogen-bond acceptors (Lipinski definition) is 3. The molecule has 0 spiro atoms. The fraction of sp³-hybridized carbons (Fsp3) is 0.273. The molecule has 0 aliphatic rings. The van der Waals surface area contributed by atoms with E-state index in [1.165, 1.54) is 6.92 Å². The van der Waals surface area contributed by atoms with Crippen molar-refractivity contribution in [3.63, 3.8) is 0 Å². The summed E-state index contributed by atoms with van der Waals surface area (Å²) in [7, 11) is 0. The summed E-state index contributed by atoms with van der Waals surface area (Å²) in [5, 5.41) is 6.92. The van der Waals surface area contributed by atoms with Gasteiger partial charge in [-0.1, -0.05) is 0 Å². The molecule has 84 valence electrons. The highest BCUT2D eigenvalue weighted by molar-refractivity contribution is 5.72. The lowest BCUT2D eigenvalue weighted by molar-refractivity contribution is -0.119. The molecule has 0 radical (unpaired) electrons. The molecule has 1 atom stereocenters. The summed E-state index contributed by atoms with van der Waals surface area (Å²) in [4.78, 5) is 10.9. The first-order valence-corrected chi connectivity index (χ1v) is 5.04. The van der Waals surface area contributed by atoms with Gasteiger partial charge in [0.1, 0.15) is 11.8 Å². The Morgan fingerprint density at radius 3 is 3.06 bits per heavy atom. The molecule has 5 heteroatoms. The molecular weight excluding hydrogens is 206 g/mol. The molecule has 0 bridgehead atoms. The summed E-state index contributed by atoms with van der Waals surface area (Å²) in [5.41, 5.74) is 0. The maximum absolute atomic E-state index is 10.9. The summed E-state index contributed by atoms with van der Waals surface area (Å²) in [5.74, 6) is 0.709. The molecule has 1 amide bonds. The van der Waals surface area contributed by atoms with Crippen LogP contribution in [0.4, 0.5) is 0 Å². The first-order chi connectivity index (χ1) is 7.77. The number of nitrogens with zero attached hydrogens (tertiary/aromatic N) is 2. The number of furan rings is 1. The van der Waals surface area contributed by atoms with Gasteiger partial charge in [0.15, 0.2) is 0 Å². The Hall–Kier alpha value is -2.04. The number of amides is 1. The van der Waals surface area contributed by atoms with Gasteiger partial charge in [-0.2, -0.15) is 5.10 Å². The van der Waals surface area contributed by atoms with E-state index >= 15 is 0 Å². The van der Waals surface area contributed by atoms with Crippen LogP contribution in [0.2, 0.25) is 0 Å². The molecule has 5 nitrogen and oxygen atoms in total. The van der Waals surface area contributed by atoms with Gasteiger partial charge in [-0.3, -0.25) is 9.48 Å². The molecule has 2 rings (SSSR count). The van der Waals surface area contributed by atoms with E-state index in [1.807, 2.05) is 24.4 Å². The standard InChI is InChI=1S/C11H13N3O2/c1-9(15)12-8-10(11-4-2-7-16-11)14-6-3-5-13-14/h2-7,10H,8H2,1H3,(H,12,15)/t10-/m0/s1. The van der Waals surface area contributed by atoms with Crippen LogP contribution in [0.25, 0.3) is 0 Å². The van der Waals surface area contributed by atoms with Crippen molar-refractivity contribution < 1.29 is 9.21 Å². The van der Waals surface area contributed by atoms with E-state index < -0.39 is 0 Å². The lowest BCUT2D eigenvalue weighted by Gasteiger charge is -2.15. The van der Waals surface area contributed by atoms with Gasteiger partial charge in [-0.05, 0) is 18.2 Å². The van der Waals surface area contributed by atoms with E-state index in [9.17, 15) is 4.79 Å². The average Bonchev–Trinajstić information content (AvgIpc) is 2.88. The van der Waals surface area contributed by atoms with Gasteiger partial charge in [0.25, 0.3) is 0 Å². The van der Waals surface area contributed by atoms with Crippen LogP contribution in [0.15, 0.2) is 41.3 Å². The van der Waals surface area contributed by atoms with Gasteiger partial charge in [0.2, 0.25) is 5.91 Å². The molecule has 16 heavy (non-hydrogen) atoms. The van der Waals surface area contributed by atoms with Crippen LogP contribution in [0, 0.1) is 0 Å². The van der Waals surface area contributed by atoms with E-state index in [-0.39, 0.29) is 11.9 Å². The fourth-order valence-corrected chi connectivity index (χ4v) is 1.51. The van der Waals surface area contributed by atoms with E-state index in [0.717, 1.165) is 5.76 Å². The zero-order chi connectivity index (χ0) is 11.4. The van der Waals surface area contributed by atoms with Gasteiger partial charge in [-0.25, -0.2) is 0 Å². The highest BCUT2D eigenvalue weighted by atomic mass is 16.3. The number of rotatable bonds is 4. The average molecular weight is 219 g/mol. The Balaban J connectivity index is 2.17. The second-order valence-corrected chi connectivity index (χ2v) is 3.45. The molecule has 2 aromatic rings. The van der Waals surface area contributed by atoms with Crippen LogP contribution in [-0.4, -0.2) is 22.2 Å². The topological polar surface area (TPSA) is 60.1 Å². The van der Waals surface area contributed by atoms with Crippen LogP contribution >= 0.6 is 0 Å². The van der Waals surface area contributed by atoms with Gasteiger partial charge in [0.05, 0.1) is 6.26 Å². The minimum Gasteiger partial charge on any atom is -0.467 e. The van der Waals surface area contributed by atoms with Crippen molar-refractivity contribution in [2.45, 2.75) is 13.0 Å². The number of nitrogens with one attached hydrogen (secondary N) is 1. The maximum atomic E-state index is 10.9. The number of hydrogen-bond donors (Lipinski definition) is 1.